The predicted molar refractivity (Wildman–Crippen MR) is 135 cm³/mol. The number of hydrogen-bond acceptors (Lipinski definition) is 5. The van der Waals surface area contributed by atoms with Crippen molar-refractivity contribution < 1.29 is 18.7 Å². The van der Waals surface area contributed by atoms with Crippen LogP contribution >= 0.6 is 0 Å². The minimum atomic E-state index is -1.24. The van der Waals surface area contributed by atoms with Crippen LogP contribution in [-0.2, 0) is 4.79 Å². The van der Waals surface area contributed by atoms with Gasteiger partial charge in [-0.1, -0.05) is 11.6 Å². The Labute approximate surface area is 209 Å². The second-order valence-corrected chi connectivity index (χ2v) is 10.1. The quantitative estimate of drug-likeness (QED) is 0.458. The lowest BCUT2D eigenvalue weighted by molar-refractivity contribution is -0.120. The second kappa shape index (κ2) is 9.87. The molecule has 1 aromatic carbocycles. The molecule has 190 valence electrons. The van der Waals surface area contributed by atoms with E-state index >= 15 is 0 Å². The Kier molecular flexibility index (Phi) is 6.64. The smallest absolute Gasteiger partial charge is 0.255 e. The van der Waals surface area contributed by atoms with Crippen LogP contribution in [0.2, 0.25) is 0 Å². The maximum Gasteiger partial charge on any atom is 0.255 e. The highest BCUT2D eigenvalue weighted by atomic mass is 19.1. The molecule has 2 heterocycles. The SMILES string of the molecule is CC(=O)NC1CCC(NC(=O)c2c(C)[nH]c3c(-c4cc(C)ccc4OCC4CC4)ncnc23)C(F)C1. The van der Waals surface area contributed by atoms with Crippen LogP contribution < -0.4 is 15.4 Å². The van der Waals surface area contributed by atoms with E-state index in [1.165, 1.54) is 26.1 Å². The highest BCUT2D eigenvalue weighted by Crippen LogP contribution is 2.37. The standard InChI is InChI=1S/C27H32FN5O3/c1-14-4-9-22(36-12-17-5-6-17)19(10-14)24-26-25(30-13-29-24)23(15(2)31-26)27(35)33-21-8-7-18(11-20(21)28)32-16(3)34/h4,9-10,13,17-18,20-21,31H,5-8,11-12H2,1-3H3,(H,32,34)(H,33,35). The molecule has 0 aliphatic heterocycles. The van der Waals surface area contributed by atoms with E-state index in [0.717, 1.165) is 16.9 Å². The normalized spacial score (nSPS) is 21.8. The van der Waals surface area contributed by atoms with Gasteiger partial charge in [-0.3, -0.25) is 9.59 Å². The molecule has 3 N–H and O–H groups in total. The Balaban J connectivity index is 1.41. The van der Waals surface area contributed by atoms with Gasteiger partial charge in [0.15, 0.2) is 0 Å². The number of rotatable bonds is 7. The Hall–Kier alpha value is -3.49. The summed E-state index contributed by atoms with van der Waals surface area (Å²) in [4.78, 5) is 36.9. The fourth-order valence-electron chi connectivity index (χ4n) is 4.99. The number of amides is 2. The first-order valence-electron chi connectivity index (χ1n) is 12.6. The molecule has 0 saturated heterocycles. The number of halogens is 1. The van der Waals surface area contributed by atoms with E-state index in [1.807, 2.05) is 32.0 Å². The molecule has 2 saturated carbocycles. The molecule has 0 radical (unpaired) electrons. The van der Waals surface area contributed by atoms with Crippen LogP contribution in [-0.4, -0.2) is 51.6 Å². The molecule has 3 unspecified atom stereocenters. The van der Waals surface area contributed by atoms with Crippen LogP contribution in [0.15, 0.2) is 24.5 Å². The largest absolute Gasteiger partial charge is 0.493 e. The van der Waals surface area contributed by atoms with Crippen molar-refractivity contribution in [3.63, 3.8) is 0 Å². The Morgan fingerprint density at radius 2 is 1.94 bits per heavy atom. The third-order valence-corrected chi connectivity index (χ3v) is 7.06. The van der Waals surface area contributed by atoms with E-state index in [9.17, 15) is 14.0 Å². The summed E-state index contributed by atoms with van der Waals surface area (Å²) in [5.41, 5.74) is 4.74. The molecule has 5 rings (SSSR count). The third-order valence-electron chi connectivity index (χ3n) is 7.06. The number of nitrogens with zero attached hydrogens (tertiary/aromatic N) is 2. The maximum atomic E-state index is 14.9. The fourth-order valence-corrected chi connectivity index (χ4v) is 4.99. The number of hydrogen-bond donors (Lipinski definition) is 3. The molecule has 0 bridgehead atoms. The summed E-state index contributed by atoms with van der Waals surface area (Å²) in [7, 11) is 0. The van der Waals surface area contributed by atoms with Crippen LogP contribution in [0.4, 0.5) is 4.39 Å². The Bertz CT molecular complexity index is 1300. The molecule has 36 heavy (non-hydrogen) atoms. The molecule has 0 spiro atoms. The van der Waals surface area contributed by atoms with Gasteiger partial charge in [-0.15, -0.1) is 0 Å². The van der Waals surface area contributed by atoms with Crippen molar-refractivity contribution in [2.75, 3.05) is 6.61 Å². The van der Waals surface area contributed by atoms with E-state index in [-0.39, 0.29) is 24.3 Å². The third kappa shape index (κ3) is 5.05. The molecule has 9 heteroatoms. The van der Waals surface area contributed by atoms with E-state index < -0.39 is 12.2 Å². The van der Waals surface area contributed by atoms with Crippen LogP contribution in [0.25, 0.3) is 22.3 Å². The summed E-state index contributed by atoms with van der Waals surface area (Å²) < 4.78 is 21.0. The van der Waals surface area contributed by atoms with Gasteiger partial charge in [-0.05, 0) is 57.6 Å². The highest BCUT2D eigenvalue weighted by Gasteiger charge is 2.33. The number of aromatic amines is 1. The first-order chi connectivity index (χ1) is 17.3. The number of H-pyrrole nitrogens is 1. The van der Waals surface area contributed by atoms with Crippen LogP contribution in [0.1, 0.15) is 60.6 Å². The van der Waals surface area contributed by atoms with Crippen molar-refractivity contribution in [1.82, 2.24) is 25.6 Å². The number of nitrogens with one attached hydrogen (secondary N) is 3. The van der Waals surface area contributed by atoms with Crippen LogP contribution in [0, 0.1) is 19.8 Å². The van der Waals surface area contributed by atoms with Gasteiger partial charge in [-0.25, -0.2) is 14.4 Å². The summed E-state index contributed by atoms with van der Waals surface area (Å²) in [5.74, 6) is 0.819. The summed E-state index contributed by atoms with van der Waals surface area (Å²) in [6.45, 7) is 5.92. The molecule has 2 aromatic heterocycles. The molecule has 2 amide bonds. The van der Waals surface area contributed by atoms with E-state index in [4.69, 9.17) is 4.74 Å². The highest BCUT2D eigenvalue weighted by molar-refractivity contribution is 6.09. The van der Waals surface area contributed by atoms with Gasteiger partial charge in [0.05, 0.1) is 23.7 Å². The summed E-state index contributed by atoms with van der Waals surface area (Å²) in [6, 6.07) is 5.18. The molecule has 3 atom stereocenters. The van der Waals surface area contributed by atoms with Crippen LogP contribution in [0.3, 0.4) is 0 Å². The molecule has 2 fully saturated rings. The van der Waals surface area contributed by atoms with Gasteiger partial charge in [0.2, 0.25) is 5.91 Å². The van der Waals surface area contributed by atoms with Crippen LogP contribution in [0.5, 0.6) is 5.75 Å². The van der Waals surface area contributed by atoms with E-state index in [1.54, 1.807) is 0 Å². The zero-order valence-corrected chi connectivity index (χ0v) is 20.9. The number of aryl methyl sites for hydroxylation is 2. The number of alkyl halides is 1. The first-order valence-corrected chi connectivity index (χ1v) is 12.6. The second-order valence-electron chi connectivity index (χ2n) is 10.1. The lowest BCUT2D eigenvalue weighted by Crippen LogP contribution is -2.49. The average Bonchev–Trinajstić information content (AvgIpc) is 3.59. The number of ether oxygens (including phenoxy) is 1. The maximum absolute atomic E-state index is 14.9. The zero-order chi connectivity index (χ0) is 25.4. The van der Waals surface area contributed by atoms with Crippen molar-refractivity contribution in [3.05, 3.63) is 41.3 Å². The lowest BCUT2D eigenvalue weighted by atomic mass is 9.89. The zero-order valence-electron chi connectivity index (χ0n) is 20.9. The topological polar surface area (TPSA) is 109 Å². The molecule has 8 nitrogen and oxygen atoms in total. The molecule has 3 aromatic rings. The van der Waals surface area contributed by atoms with E-state index in [0.29, 0.717) is 53.4 Å². The molecule has 2 aliphatic carbocycles. The Morgan fingerprint density at radius 1 is 1.14 bits per heavy atom. The summed E-state index contributed by atoms with van der Waals surface area (Å²) in [6.07, 6.45) is 3.84. The van der Waals surface area contributed by atoms with E-state index in [2.05, 4.69) is 25.6 Å². The van der Waals surface area contributed by atoms with Gasteiger partial charge in [-0.2, -0.15) is 0 Å². The number of carbonyl (C=O) groups is 2. The minimum absolute atomic E-state index is 0.172. The lowest BCUT2D eigenvalue weighted by Gasteiger charge is -2.32. The minimum Gasteiger partial charge on any atom is -0.493 e. The summed E-state index contributed by atoms with van der Waals surface area (Å²) >= 11 is 0. The van der Waals surface area contributed by atoms with Crippen molar-refractivity contribution in [2.45, 2.75) is 71.1 Å². The fraction of sp³-hybridized carbons (Fsp3) is 0.481. The van der Waals surface area contributed by atoms with Crippen molar-refractivity contribution in [1.29, 1.82) is 0 Å². The van der Waals surface area contributed by atoms with Gasteiger partial charge >= 0.3 is 0 Å². The molecular formula is C27H32FN5O3. The number of aromatic nitrogens is 3. The van der Waals surface area contributed by atoms with Gasteiger partial charge in [0.1, 0.15) is 29.5 Å². The van der Waals surface area contributed by atoms with Crippen molar-refractivity contribution in [2.24, 2.45) is 5.92 Å². The number of benzene rings is 1. The van der Waals surface area contributed by atoms with Gasteiger partial charge < -0.3 is 20.4 Å². The number of fused-ring (bicyclic) bond motifs is 1. The monoisotopic (exact) mass is 493 g/mol. The molecular weight excluding hydrogens is 461 g/mol. The van der Waals surface area contributed by atoms with Crippen molar-refractivity contribution >= 4 is 22.8 Å². The summed E-state index contributed by atoms with van der Waals surface area (Å²) in [5, 5.41) is 5.64. The Morgan fingerprint density at radius 3 is 2.67 bits per heavy atom. The average molecular weight is 494 g/mol. The molecule has 2 aliphatic rings. The van der Waals surface area contributed by atoms with Gasteiger partial charge in [0.25, 0.3) is 5.91 Å². The number of carbonyl (C=O) groups excluding carboxylic acids is 2. The first kappa shape index (κ1) is 24.2. The predicted octanol–water partition coefficient (Wildman–Crippen LogP) is 4.16. The van der Waals surface area contributed by atoms with Gasteiger partial charge in [0, 0.05) is 30.6 Å². The van der Waals surface area contributed by atoms with Crippen molar-refractivity contribution in [3.8, 4) is 17.0 Å².